The van der Waals surface area contributed by atoms with Crippen molar-refractivity contribution in [2.24, 2.45) is 0 Å². The largest absolute Gasteiger partial charge is 0.497 e. The molecule has 1 aromatic heterocycles. The average Bonchev–Trinajstić information content (AvgIpc) is 3.25. The van der Waals surface area contributed by atoms with Gasteiger partial charge in [0, 0.05) is 6.07 Å². The van der Waals surface area contributed by atoms with Crippen LogP contribution in [-0.4, -0.2) is 46.2 Å². The third-order valence-electron chi connectivity index (χ3n) is 5.79. The second kappa shape index (κ2) is 8.66. The number of hydrogen-bond acceptors (Lipinski definition) is 5. The summed E-state index contributed by atoms with van der Waals surface area (Å²) in [6.07, 6.45) is 0. The zero-order valence-electron chi connectivity index (χ0n) is 19.8. The van der Waals surface area contributed by atoms with Crippen LogP contribution in [0.2, 0.25) is 0 Å². The summed E-state index contributed by atoms with van der Waals surface area (Å²) in [6, 6.07) is 13.9. The first kappa shape index (κ1) is 23.0. The Morgan fingerprint density at radius 2 is 1.71 bits per heavy atom. The molecule has 0 saturated carbocycles. The van der Waals surface area contributed by atoms with Gasteiger partial charge >= 0.3 is 6.03 Å². The third-order valence-corrected chi connectivity index (χ3v) is 5.79. The van der Waals surface area contributed by atoms with Crippen molar-refractivity contribution in [1.29, 1.82) is 0 Å². The number of aryl methyl sites for hydroxylation is 3. The minimum atomic E-state index is -1.28. The number of nitrogens with zero attached hydrogens (tertiary/aromatic N) is 3. The molecular formula is C25H27N5O4. The fourth-order valence-corrected chi connectivity index (χ4v) is 4.14. The predicted octanol–water partition coefficient (Wildman–Crippen LogP) is 3.21. The highest BCUT2D eigenvalue weighted by Crippen LogP contribution is 2.30. The summed E-state index contributed by atoms with van der Waals surface area (Å²) >= 11 is 0. The van der Waals surface area contributed by atoms with Crippen LogP contribution in [0.3, 0.4) is 0 Å². The lowest BCUT2D eigenvalue weighted by molar-refractivity contribution is -0.133. The Labute approximate surface area is 197 Å². The summed E-state index contributed by atoms with van der Waals surface area (Å²) in [6.45, 7) is 7.00. The molecule has 3 aromatic rings. The first-order chi connectivity index (χ1) is 16.1. The van der Waals surface area contributed by atoms with Gasteiger partial charge in [-0.25, -0.2) is 9.48 Å². The molecule has 0 radical (unpaired) electrons. The van der Waals surface area contributed by atoms with Gasteiger partial charge in [0.2, 0.25) is 5.91 Å². The molecule has 0 spiro atoms. The molecule has 1 unspecified atom stereocenters. The van der Waals surface area contributed by atoms with Gasteiger partial charge in [0.25, 0.3) is 5.91 Å². The highest BCUT2D eigenvalue weighted by atomic mass is 16.5. The monoisotopic (exact) mass is 461 g/mol. The number of amides is 4. The molecule has 1 atom stereocenters. The molecule has 1 fully saturated rings. The number of urea groups is 1. The number of carbonyl (C=O) groups is 3. The number of hydrogen-bond donors (Lipinski definition) is 2. The van der Waals surface area contributed by atoms with Gasteiger partial charge in [-0.05, 0) is 68.7 Å². The molecule has 1 aliphatic rings. The Morgan fingerprint density at radius 1 is 1.06 bits per heavy atom. The van der Waals surface area contributed by atoms with Crippen LogP contribution in [0.4, 0.5) is 10.6 Å². The van der Waals surface area contributed by atoms with Crippen molar-refractivity contribution in [2.45, 2.75) is 33.2 Å². The number of benzene rings is 2. The van der Waals surface area contributed by atoms with Gasteiger partial charge in [0.1, 0.15) is 23.7 Å². The van der Waals surface area contributed by atoms with E-state index in [0.717, 1.165) is 27.4 Å². The minimum Gasteiger partial charge on any atom is -0.497 e. The van der Waals surface area contributed by atoms with Crippen LogP contribution in [0.5, 0.6) is 5.75 Å². The molecule has 0 aliphatic carbocycles. The predicted molar refractivity (Wildman–Crippen MR) is 127 cm³/mol. The summed E-state index contributed by atoms with van der Waals surface area (Å²) in [5, 5.41) is 9.98. The van der Waals surface area contributed by atoms with Crippen LogP contribution in [0.15, 0.2) is 48.5 Å². The van der Waals surface area contributed by atoms with E-state index in [2.05, 4.69) is 21.8 Å². The lowest BCUT2D eigenvalue weighted by Crippen LogP contribution is -2.42. The van der Waals surface area contributed by atoms with E-state index in [0.29, 0.717) is 17.1 Å². The first-order valence-corrected chi connectivity index (χ1v) is 10.8. The number of imide groups is 1. The van der Waals surface area contributed by atoms with E-state index in [1.807, 2.05) is 32.9 Å². The lowest BCUT2D eigenvalue weighted by Gasteiger charge is -2.22. The number of methoxy groups -OCH3 is 1. The molecule has 1 aliphatic heterocycles. The van der Waals surface area contributed by atoms with Gasteiger partial charge in [-0.3, -0.25) is 14.5 Å². The summed E-state index contributed by atoms with van der Waals surface area (Å²) in [5.74, 6) is 0.0818. The first-order valence-electron chi connectivity index (χ1n) is 10.8. The standard InChI is InChI=1S/C25H27N5O4/c1-15-10-16(2)12-19(11-15)30-21(13-17(3)28-30)26-22(31)14-29-23(32)25(4,27-24(29)33)18-6-8-20(34-5)9-7-18/h6-13H,14H2,1-5H3,(H,26,31)(H,27,33). The molecule has 2 N–H and O–H groups in total. The van der Waals surface area contributed by atoms with Crippen molar-refractivity contribution in [1.82, 2.24) is 20.0 Å². The van der Waals surface area contributed by atoms with Crippen molar-refractivity contribution in [2.75, 3.05) is 19.0 Å². The smallest absolute Gasteiger partial charge is 0.325 e. The Bertz CT molecular complexity index is 1260. The van der Waals surface area contributed by atoms with Crippen LogP contribution in [0, 0.1) is 20.8 Å². The Morgan fingerprint density at radius 3 is 2.32 bits per heavy atom. The molecular weight excluding hydrogens is 434 g/mol. The highest BCUT2D eigenvalue weighted by molar-refractivity contribution is 6.10. The van der Waals surface area contributed by atoms with Gasteiger partial charge in [-0.1, -0.05) is 18.2 Å². The number of nitrogens with one attached hydrogen (secondary N) is 2. The molecule has 34 heavy (non-hydrogen) atoms. The molecule has 1 saturated heterocycles. The number of aromatic nitrogens is 2. The van der Waals surface area contributed by atoms with E-state index in [1.165, 1.54) is 0 Å². The molecule has 2 aromatic carbocycles. The summed E-state index contributed by atoms with van der Waals surface area (Å²) in [5.41, 5.74) is 2.98. The average molecular weight is 462 g/mol. The summed E-state index contributed by atoms with van der Waals surface area (Å²) in [4.78, 5) is 39.6. The summed E-state index contributed by atoms with van der Waals surface area (Å²) < 4.78 is 6.80. The van der Waals surface area contributed by atoms with Gasteiger partial charge < -0.3 is 15.4 Å². The van der Waals surface area contributed by atoms with E-state index in [-0.39, 0.29) is 0 Å². The molecule has 4 amide bonds. The Hall–Kier alpha value is -4.14. The molecule has 0 bridgehead atoms. The van der Waals surface area contributed by atoms with Crippen molar-refractivity contribution in [3.63, 3.8) is 0 Å². The van der Waals surface area contributed by atoms with Gasteiger partial charge in [0.05, 0.1) is 18.5 Å². The van der Waals surface area contributed by atoms with E-state index in [9.17, 15) is 14.4 Å². The maximum Gasteiger partial charge on any atom is 0.325 e. The minimum absolute atomic E-state index is 0.423. The molecule has 2 heterocycles. The van der Waals surface area contributed by atoms with Crippen molar-refractivity contribution in [3.05, 3.63) is 70.9 Å². The van der Waals surface area contributed by atoms with Crippen LogP contribution in [0.25, 0.3) is 5.69 Å². The van der Waals surface area contributed by atoms with Crippen molar-refractivity contribution >= 4 is 23.7 Å². The van der Waals surface area contributed by atoms with Crippen molar-refractivity contribution < 1.29 is 19.1 Å². The molecule has 9 heteroatoms. The summed E-state index contributed by atoms with van der Waals surface area (Å²) in [7, 11) is 1.55. The SMILES string of the molecule is COc1ccc(C2(C)NC(=O)N(CC(=O)Nc3cc(C)nn3-c3cc(C)cc(C)c3)C2=O)cc1. The van der Waals surface area contributed by atoms with E-state index in [4.69, 9.17) is 4.74 Å². The fraction of sp³-hybridized carbons (Fsp3) is 0.280. The van der Waals surface area contributed by atoms with Crippen LogP contribution < -0.4 is 15.4 Å². The number of ether oxygens (including phenoxy) is 1. The molecule has 9 nitrogen and oxygen atoms in total. The number of anilines is 1. The maximum absolute atomic E-state index is 13.2. The van der Waals surface area contributed by atoms with Crippen LogP contribution in [-0.2, 0) is 15.1 Å². The quantitative estimate of drug-likeness (QED) is 0.549. The zero-order valence-corrected chi connectivity index (χ0v) is 19.8. The van der Waals surface area contributed by atoms with Gasteiger partial charge in [-0.15, -0.1) is 0 Å². The topological polar surface area (TPSA) is 106 Å². The van der Waals surface area contributed by atoms with E-state index >= 15 is 0 Å². The third kappa shape index (κ3) is 4.24. The van der Waals surface area contributed by atoms with Crippen molar-refractivity contribution in [3.8, 4) is 11.4 Å². The maximum atomic E-state index is 13.2. The van der Waals surface area contributed by atoms with Crippen LogP contribution >= 0.6 is 0 Å². The van der Waals surface area contributed by atoms with Gasteiger partial charge in [-0.2, -0.15) is 5.10 Å². The fourth-order valence-electron chi connectivity index (χ4n) is 4.14. The Kier molecular flexibility index (Phi) is 5.87. The number of rotatable bonds is 6. The van der Waals surface area contributed by atoms with E-state index < -0.39 is 29.9 Å². The zero-order chi connectivity index (χ0) is 24.6. The Balaban J connectivity index is 1.53. The lowest BCUT2D eigenvalue weighted by atomic mass is 9.92. The highest BCUT2D eigenvalue weighted by Gasteiger charge is 2.49. The second-order valence-electron chi connectivity index (χ2n) is 8.65. The van der Waals surface area contributed by atoms with E-state index in [1.54, 1.807) is 49.0 Å². The molecule has 176 valence electrons. The number of carbonyl (C=O) groups excluding carboxylic acids is 3. The second-order valence-corrected chi connectivity index (χ2v) is 8.65. The molecule has 4 rings (SSSR count). The van der Waals surface area contributed by atoms with Gasteiger partial charge in [0.15, 0.2) is 0 Å². The normalized spacial score (nSPS) is 17.6. The van der Waals surface area contributed by atoms with Crippen LogP contribution in [0.1, 0.15) is 29.3 Å².